The van der Waals surface area contributed by atoms with Crippen molar-refractivity contribution < 1.29 is 27.6 Å². The molecule has 32 heavy (non-hydrogen) atoms. The van der Waals surface area contributed by atoms with Crippen molar-refractivity contribution in [3.05, 3.63) is 82.9 Å². The summed E-state index contributed by atoms with van der Waals surface area (Å²) in [7, 11) is -2.35. The number of amides is 1. The van der Waals surface area contributed by atoms with Crippen LogP contribution in [0.5, 0.6) is 11.5 Å². The van der Waals surface area contributed by atoms with E-state index in [2.05, 4.69) is 10.0 Å². The number of hydrogen-bond donors (Lipinski definition) is 2. The molecule has 3 aromatic rings. The SMILES string of the molecule is COc1cccc(NS(=O)(=O)c2ccc(OCC(=O)Nc3cccc([N+](=O)[O-])c3)cc2)c1. The van der Waals surface area contributed by atoms with E-state index in [1.165, 1.54) is 55.6 Å². The number of non-ortho nitro benzene ring substituents is 1. The fourth-order valence-corrected chi connectivity index (χ4v) is 3.71. The van der Waals surface area contributed by atoms with Crippen LogP contribution in [0, 0.1) is 10.1 Å². The third-order valence-electron chi connectivity index (χ3n) is 4.17. The molecular weight excluding hydrogens is 438 g/mol. The van der Waals surface area contributed by atoms with Gasteiger partial charge in [-0.15, -0.1) is 0 Å². The molecule has 0 saturated heterocycles. The molecular formula is C21H19N3O7S. The second-order valence-corrected chi connectivity index (χ2v) is 8.14. The topological polar surface area (TPSA) is 137 Å². The molecule has 2 N–H and O–H groups in total. The van der Waals surface area contributed by atoms with Gasteiger partial charge in [0.05, 0.1) is 22.6 Å². The van der Waals surface area contributed by atoms with E-state index in [9.17, 15) is 23.3 Å². The molecule has 0 fully saturated rings. The van der Waals surface area contributed by atoms with Crippen molar-refractivity contribution in [3.8, 4) is 11.5 Å². The van der Waals surface area contributed by atoms with Crippen molar-refractivity contribution in [2.45, 2.75) is 4.90 Å². The lowest BCUT2D eigenvalue weighted by molar-refractivity contribution is -0.384. The summed E-state index contributed by atoms with van der Waals surface area (Å²) in [4.78, 5) is 22.3. The maximum atomic E-state index is 12.6. The van der Waals surface area contributed by atoms with Gasteiger partial charge in [-0.2, -0.15) is 0 Å². The van der Waals surface area contributed by atoms with Crippen molar-refractivity contribution in [3.63, 3.8) is 0 Å². The van der Waals surface area contributed by atoms with Gasteiger partial charge >= 0.3 is 0 Å². The first-order valence-corrected chi connectivity index (χ1v) is 10.7. The Morgan fingerprint density at radius 2 is 1.66 bits per heavy atom. The molecule has 0 aliphatic carbocycles. The van der Waals surface area contributed by atoms with Crippen LogP contribution in [0.2, 0.25) is 0 Å². The van der Waals surface area contributed by atoms with Crippen molar-refractivity contribution in [1.29, 1.82) is 0 Å². The van der Waals surface area contributed by atoms with Gasteiger partial charge in [0.2, 0.25) is 0 Å². The second kappa shape index (κ2) is 9.79. The lowest BCUT2D eigenvalue weighted by Crippen LogP contribution is -2.20. The highest BCUT2D eigenvalue weighted by atomic mass is 32.2. The maximum Gasteiger partial charge on any atom is 0.271 e. The van der Waals surface area contributed by atoms with Gasteiger partial charge < -0.3 is 14.8 Å². The molecule has 3 aromatic carbocycles. The lowest BCUT2D eigenvalue weighted by Gasteiger charge is -2.11. The van der Waals surface area contributed by atoms with E-state index in [0.717, 1.165) is 0 Å². The Morgan fingerprint density at radius 3 is 2.34 bits per heavy atom. The average molecular weight is 457 g/mol. The van der Waals surface area contributed by atoms with Gasteiger partial charge in [0.15, 0.2) is 6.61 Å². The molecule has 1 amide bonds. The number of rotatable bonds is 9. The molecule has 0 aromatic heterocycles. The summed E-state index contributed by atoms with van der Waals surface area (Å²) in [6.45, 7) is -0.364. The van der Waals surface area contributed by atoms with Gasteiger partial charge in [-0.3, -0.25) is 19.6 Å². The third kappa shape index (κ3) is 5.95. The van der Waals surface area contributed by atoms with Crippen LogP contribution in [0.3, 0.4) is 0 Å². The number of carbonyl (C=O) groups is 1. The molecule has 166 valence electrons. The summed E-state index contributed by atoms with van der Waals surface area (Å²) < 4.78 is 38.0. The molecule has 0 heterocycles. The molecule has 0 aliphatic heterocycles. The van der Waals surface area contributed by atoms with Gasteiger partial charge in [-0.05, 0) is 42.5 Å². The highest BCUT2D eigenvalue weighted by Crippen LogP contribution is 2.22. The zero-order valence-electron chi connectivity index (χ0n) is 16.8. The number of benzene rings is 3. The fourth-order valence-electron chi connectivity index (χ4n) is 2.66. The van der Waals surface area contributed by atoms with Crippen molar-refractivity contribution in [1.82, 2.24) is 0 Å². The number of nitro groups is 1. The van der Waals surface area contributed by atoms with E-state index in [1.54, 1.807) is 24.3 Å². The Hall–Kier alpha value is -4.12. The standard InChI is InChI=1S/C21H19N3O7S/c1-30-19-7-3-5-16(13-19)23-32(28,29)20-10-8-18(9-11-20)31-14-21(25)22-15-4-2-6-17(12-15)24(26)27/h2-13,23H,14H2,1H3,(H,22,25). The van der Waals surface area contributed by atoms with Crippen LogP contribution >= 0.6 is 0 Å². The Morgan fingerprint density at radius 1 is 0.969 bits per heavy atom. The summed E-state index contributed by atoms with van der Waals surface area (Å²) in [5.74, 6) is 0.263. The van der Waals surface area contributed by atoms with Gasteiger partial charge in [0.25, 0.3) is 21.6 Å². The van der Waals surface area contributed by atoms with E-state index in [4.69, 9.17) is 9.47 Å². The summed E-state index contributed by atoms with van der Waals surface area (Å²) in [6.07, 6.45) is 0. The zero-order chi connectivity index (χ0) is 23.1. The summed E-state index contributed by atoms with van der Waals surface area (Å²) in [5, 5.41) is 13.3. The Labute approximate surface area is 184 Å². The number of methoxy groups -OCH3 is 1. The van der Waals surface area contributed by atoms with Crippen LogP contribution in [0.15, 0.2) is 77.7 Å². The van der Waals surface area contributed by atoms with Crippen LogP contribution < -0.4 is 19.5 Å². The summed E-state index contributed by atoms with van der Waals surface area (Å²) in [6, 6.07) is 17.5. The Kier molecular flexibility index (Phi) is 6.90. The molecule has 0 atom stereocenters. The first-order valence-electron chi connectivity index (χ1n) is 9.21. The Balaban J connectivity index is 1.58. The van der Waals surface area contributed by atoms with Crippen LogP contribution in [0.1, 0.15) is 0 Å². The van der Waals surface area contributed by atoms with Crippen molar-refractivity contribution >= 4 is 33.0 Å². The molecule has 0 spiro atoms. The highest BCUT2D eigenvalue weighted by Gasteiger charge is 2.15. The second-order valence-electron chi connectivity index (χ2n) is 6.45. The molecule has 0 saturated carbocycles. The number of carbonyl (C=O) groups excluding carboxylic acids is 1. The van der Waals surface area contributed by atoms with Crippen molar-refractivity contribution in [2.75, 3.05) is 23.8 Å². The number of nitrogens with zero attached hydrogens (tertiary/aromatic N) is 1. The molecule has 10 nitrogen and oxygen atoms in total. The van der Waals surface area contributed by atoms with Gasteiger partial charge in [-0.25, -0.2) is 8.42 Å². The van der Waals surface area contributed by atoms with Crippen molar-refractivity contribution in [2.24, 2.45) is 0 Å². The van der Waals surface area contributed by atoms with E-state index in [1.807, 2.05) is 0 Å². The minimum atomic E-state index is -3.83. The number of nitro benzene ring substituents is 1. The van der Waals surface area contributed by atoms with Gasteiger partial charge in [0.1, 0.15) is 11.5 Å². The molecule has 11 heteroatoms. The predicted octanol–water partition coefficient (Wildman–Crippen LogP) is 3.42. The summed E-state index contributed by atoms with van der Waals surface area (Å²) >= 11 is 0. The maximum absolute atomic E-state index is 12.6. The zero-order valence-corrected chi connectivity index (χ0v) is 17.7. The minimum absolute atomic E-state index is 0.00807. The van der Waals surface area contributed by atoms with Crippen LogP contribution in [-0.2, 0) is 14.8 Å². The van der Waals surface area contributed by atoms with Gasteiger partial charge in [-0.1, -0.05) is 12.1 Å². The molecule has 0 radical (unpaired) electrons. The van der Waals surface area contributed by atoms with E-state index >= 15 is 0 Å². The van der Waals surface area contributed by atoms with Crippen LogP contribution in [0.4, 0.5) is 17.1 Å². The molecule has 0 aliphatic rings. The third-order valence-corrected chi connectivity index (χ3v) is 5.56. The largest absolute Gasteiger partial charge is 0.497 e. The normalized spacial score (nSPS) is 10.8. The number of anilines is 2. The lowest BCUT2D eigenvalue weighted by atomic mass is 10.3. The number of nitrogens with one attached hydrogen (secondary N) is 2. The summed E-state index contributed by atoms with van der Waals surface area (Å²) in [5.41, 5.74) is 0.462. The minimum Gasteiger partial charge on any atom is -0.497 e. The fraction of sp³-hybridized carbons (Fsp3) is 0.0952. The molecule has 0 bridgehead atoms. The number of hydrogen-bond acceptors (Lipinski definition) is 7. The first kappa shape index (κ1) is 22.6. The van der Waals surface area contributed by atoms with Gasteiger partial charge in [0, 0.05) is 23.9 Å². The molecule has 3 rings (SSSR count). The highest BCUT2D eigenvalue weighted by molar-refractivity contribution is 7.92. The molecule has 0 unspecified atom stereocenters. The van der Waals surface area contributed by atoms with Crippen LogP contribution in [0.25, 0.3) is 0 Å². The van der Waals surface area contributed by atoms with E-state index in [-0.39, 0.29) is 28.6 Å². The van der Waals surface area contributed by atoms with E-state index < -0.39 is 20.9 Å². The Bertz CT molecular complexity index is 1230. The quantitative estimate of drug-likeness (QED) is 0.371. The monoisotopic (exact) mass is 457 g/mol. The first-order chi connectivity index (χ1) is 15.3. The predicted molar refractivity (Wildman–Crippen MR) is 117 cm³/mol. The number of sulfonamides is 1. The van der Waals surface area contributed by atoms with Crippen LogP contribution in [-0.4, -0.2) is 33.0 Å². The smallest absolute Gasteiger partial charge is 0.271 e. The van der Waals surface area contributed by atoms with E-state index in [0.29, 0.717) is 11.4 Å². The average Bonchev–Trinajstić information content (AvgIpc) is 2.78. The number of ether oxygens (including phenoxy) is 2.